The quantitative estimate of drug-likeness (QED) is 0.534. The van der Waals surface area contributed by atoms with Crippen LogP contribution in [0.25, 0.3) is 0 Å². The van der Waals surface area contributed by atoms with Crippen molar-refractivity contribution in [2.24, 2.45) is 0 Å². The Morgan fingerprint density at radius 1 is 0.867 bits per heavy atom. The number of ether oxygens (including phenoxy) is 2. The maximum Gasteiger partial charge on any atom is 0.325 e. The highest BCUT2D eigenvalue weighted by molar-refractivity contribution is 6.01. The zero-order valence-electron chi connectivity index (χ0n) is 16.7. The summed E-state index contributed by atoms with van der Waals surface area (Å²) < 4.78 is 9.86. The van der Waals surface area contributed by atoms with Gasteiger partial charge in [0.2, 0.25) is 5.91 Å². The number of benzene rings is 2. The smallest absolute Gasteiger partial charge is 0.325 e. The van der Waals surface area contributed by atoms with Gasteiger partial charge in [0, 0.05) is 11.3 Å². The van der Waals surface area contributed by atoms with E-state index in [4.69, 9.17) is 4.74 Å². The number of hydrogen-bond acceptors (Lipinski definition) is 6. The summed E-state index contributed by atoms with van der Waals surface area (Å²) in [5.74, 6) is -1.41. The summed E-state index contributed by atoms with van der Waals surface area (Å²) in [4.78, 5) is 47.4. The Balaban J connectivity index is 1.86. The molecule has 0 fully saturated rings. The summed E-state index contributed by atoms with van der Waals surface area (Å²) in [6, 6.07) is 12.8. The van der Waals surface area contributed by atoms with Gasteiger partial charge in [0.25, 0.3) is 11.8 Å². The van der Waals surface area contributed by atoms with Gasteiger partial charge in [0.15, 0.2) is 0 Å². The molecule has 0 aliphatic carbocycles. The highest BCUT2D eigenvalue weighted by Crippen LogP contribution is 2.17. The molecule has 9 nitrogen and oxygen atoms in total. The zero-order valence-corrected chi connectivity index (χ0v) is 16.7. The molecule has 0 heterocycles. The molecule has 3 N–H and O–H groups in total. The average molecular weight is 413 g/mol. The molecule has 0 aliphatic heterocycles. The molecule has 0 radical (unpaired) electrons. The van der Waals surface area contributed by atoms with E-state index in [2.05, 4.69) is 20.7 Å². The Bertz CT molecular complexity index is 911. The molecule has 0 saturated heterocycles. The third-order valence-electron chi connectivity index (χ3n) is 3.89. The minimum absolute atomic E-state index is 0.235. The Morgan fingerprint density at radius 2 is 1.53 bits per heavy atom. The van der Waals surface area contributed by atoms with Crippen LogP contribution in [0.3, 0.4) is 0 Å². The predicted octanol–water partition coefficient (Wildman–Crippen LogP) is 1.36. The fourth-order valence-electron chi connectivity index (χ4n) is 2.43. The molecule has 0 saturated carbocycles. The van der Waals surface area contributed by atoms with E-state index in [-0.39, 0.29) is 13.1 Å². The monoisotopic (exact) mass is 413 g/mol. The van der Waals surface area contributed by atoms with Gasteiger partial charge in [-0.2, -0.15) is 0 Å². The first-order valence-corrected chi connectivity index (χ1v) is 9.19. The molecule has 2 rings (SSSR count). The lowest BCUT2D eigenvalue weighted by molar-refractivity contribution is -0.139. The first-order chi connectivity index (χ1) is 14.4. The van der Waals surface area contributed by atoms with Gasteiger partial charge in [-0.3, -0.25) is 19.2 Å². The Hall–Kier alpha value is -3.88. The summed E-state index contributed by atoms with van der Waals surface area (Å²) in [5, 5.41) is 7.58. The van der Waals surface area contributed by atoms with Crippen LogP contribution in [-0.2, 0) is 14.3 Å². The maximum absolute atomic E-state index is 12.3. The minimum atomic E-state index is -0.557. The molecular weight excluding hydrogens is 390 g/mol. The van der Waals surface area contributed by atoms with Crippen molar-refractivity contribution < 1.29 is 28.7 Å². The van der Waals surface area contributed by atoms with Crippen LogP contribution in [0.2, 0.25) is 0 Å². The van der Waals surface area contributed by atoms with Crippen molar-refractivity contribution in [1.29, 1.82) is 0 Å². The number of esters is 1. The molecule has 3 amide bonds. The van der Waals surface area contributed by atoms with Crippen molar-refractivity contribution in [3.05, 3.63) is 59.7 Å². The minimum Gasteiger partial charge on any atom is -0.493 e. The number of nitrogens with one attached hydrogen (secondary N) is 3. The number of carbonyl (C=O) groups is 4. The average Bonchev–Trinajstić information content (AvgIpc) is 2.76. The predicted molar refractivity (Wildman–Crippen MR) is 109 cm³/mol. The Morgan fingerprint density at radius 3 is 2.20 bits per heavy atom. The van der Waals surface area contributed by atoms with Crippen LogP contribution in [0.5, 0.6) is 5.75 Å². The molecule has 9 heteroatoms. The van der Waals surface area contributed by atoms with Crippen LogP contribution < -0.4 is 20.7 Å². The molecule has 158 valence electrons. The molecular formula is C21H23N3O6. The maximum atomic E-state index is 12.3. The molecule has 2 aromatic rings. The van der Waals surface area contributed by atoms with Gasteiger partial charge in [0.05, 0.1) is 25.8 Å². The lowest BCUT2D eigenvalue weighted by Gasteiger charge is -2.11. The van der Waals surface area contributed by atoms with E-state index in [0.717, 1.165) is 0 Å². The molecule has 0 aromatic heterocycles. The third kappa shape index (κ3) is 6.62. The number of anilines is 1. The molecule has 0 bridgehead atoms. The Kier molecular flexibility index (Phi) is 8.37. The van der Waals surface area contributed by atoms with Gasteiger partial charge in [-0.1, -0.05) is 12.1 Å². The van der Waals surface area contributed by atoms with Crippen LogP contribution in [0.4, 0.5) is 5.69 Å². The van der Waals surface area contributed by atoms with Gasteiger partial charge in [-0.25, -0.2) is 0 Å². The normalized spacial score (nSPS) is 9.93. The second-order valence-electron chi connectivity index (χ2n) is 6.00. The summed E-state index contributed by atoms with van der Waals surface area (Å²) in [7, 11) is 1.23. The van der Waals surface area contributed by atoms with Crippen molar-refractivity contribution in [2.75, 3.05) is 32.1 Å². The van der Waals surface area contributed by atoms with Crippen molar-refractivity contribution in [3.8, 4) is 5.75 Å². The second-order valence-corrected chi connectivity index (χ2v) is 6.00. The van der Waals surface area contributed by atoms with Gasteiger partial charge in [-0.15, -0.1) is 0 Å². The number of hydrogen-bond donors (Lipinski definition) is 3. The largest absolute Gasteiger partial charge is 0.493 e. The van der Waals surface area contributed by atoms with Crippen LogP contribution in [0.1, 0.15) is 27.6 Å². The fourth-order valence-corrected chi connectivity index (χ4v) is 2.43. The number of rotatable bonds is 9. The number of amides is 3. The van der Waals surface area contributed by atoms with Crippen LogP contribution in [-0.4, -0.2) is 50.5 Å². The van der Waals surface area contributed by atoms with E-state index in [1.807, 2.05) is 6.92 Å². The third-order valence-corrected chi connectivity index (χ3v) is 3.89. The lowest BCUT2D eigenvalue weighted by atomic mass is 10.2. The standard InChI is InChI=1S/C21H23N3O6/c1-3-30-17-7-5-4-6-16(17)21(28)22-12-18(25)24-15-10-8-14(9-11-15)20(27)23-13-19(26)29-2/h4-11H,3,12-13H2,1-2H3,(H,22,28)(H,23,27)(H,24,25). The van der Waals surface area contributed by atoms with Crippen molar-refractivity contribution in [3.63, 3.8) is 0 Å². The number of methoxy groups -OCH3 is 1. The van der Waals surface area contributed by atoms with Crippen molar-refractivity contribution in [2.45, 2.75) is 6.92 Å². The topological polar surface area (TPSA) is 123 Å². The summed E-state index contributed by atoms with van der Waals surface area (Å²) >= 11 is 0. The van der Waals surface area contributed by atoms with E-state index >= 15 is 0 Å². The van der Waals surface area contributed by atoms with Gasteiger partial charge in [0.1, 0.15) is 12.3 Å². The van der Waals surface area contributed by atoms with Gasteiger partial charge in [-0.05, 0) is 43.3 Å². The fraction of sp³-hybridized carbons (Fsp3) is 0.238. The summed E-state index contributed by atoms with van der Waals surface area (Å²) in [6.45, 7) is 1.76. The van der Waals surface area contributed by atoms with E-state index < -0.39 is 23.7 Å². The molecule has 0 aliphatic rings. The lowest BCUT2D eigenvalue weighted by Crippen LogP contribution is -2.33. The van der Waals surface area contributed by atoms with E-state index in [1.54, 1.807) is 24.3 Å². The zero-order chi connectivity index (χ0) is 21.9. The van der Waals surface area contributed by atoms with Crippen LogP contribution in [0, 0.1) is 0 Å². The van der Waals surface area contributed by atoms with E-state index in [9.17, 15) is 19.2 Å². The van der Waals surface area contributed by atoms with E-state index in [0.29, 0.717) is 29.2 Å². The molecule has 0 unspecified atom stereocenters. The summed E-state index contributed by atoms with van der Waals surface area (Å²) in [5.41, 5.74) is 1.11. The highest BCUT2D eigenvalue weighted by Gasteiger charge is 2.13. The molecule has 30 heavy (non-hydrogen) atoms. The first-order valence-electron chi connectivity index (χ1n) is 9.19. The number of carbonyl (C=O) groups excluding carboxylic acids is 4. The summed E-state index contributed by atoms with van der Waals surface area (Å²) in [6.07, 6.45) is 0. The van der Waals surface area contributed by atoms with Crippen molar-refractivity contribution >= 4 is 29.4 Å². The van der Waals surface area contributed by atoms with Gasteiger partial charge < -0.3 is 25.4 Å². The second kappa shape index (κ2) is 11.2. The Labute approximate surface area is 173 Å². The first kappa shape index (κ1) is 22.4. The van der Waals surface area contributed by atoms with Crippen molar-refractivity contribution in [1.82, 2.24) is 10.6 Å². The van der Waals surface area contributed by atoms with Crippen LogP contribution in [0.15, 0.2) is 48.5 Å². The van der Waals surface area contributed by atoms with E-state index in [1.165, 1.54) is 31.4 Å². The van der Waals surface area contributed by atoms with Gasteiger partial charge >= 0.3 is 5.97 Å². The number of para-hydroxylation sites is 1. The molecule has 0 spiro atoms. The van der Waals surface area contributed by atoms with Crippen LogP contribution >= 0.6 is 0 Å². The molecule has 0 atom stereocenters. The SMILES string of the molecule is CCOc1ccccc1C(=O)NCC(=O)Nc1ccc(C(=O)NCC(=O)OC)cc1. The molecule has 2 aromatic carbocycles. The highest BCUT2D eigenvalue weighted by atomic mass is 16.5.